The lowest BCUT2D eigenvalue weighted by molar-refractivity contribution is -0.697. The molecule has 0 aromatic carbocycles. The summed E-state index contributed by atoms with van der Waals surface area (Å²) in [7, 11) is -4.04. The summed E-state index contributed by atoms with van der Waals surface area (Å²) in [5, 5.41) is 0. The van der Waals surface area contributed by atoms with Crippen LogP contribution in [-0.2, 0) is 16.7 Å². The van der Waals surface area contributed by atoms with Crippen molar-refractivity contribution in [3.05, 3.63) is 30.1 Å². The molecule has 0 saturated heterocycles. The van der Waals surface area contributed by atoms with Crippen LogP contribution < -0.4 is 4.57 Å². The number of aromatic nitrogens is 1. The SMILES string of the molecule is Cc1cc[n+](CCCCS(=O)(=O)[O-])cc1. The molecule has 0 fully saturated rings. The molecule has 15 heavy (non-hydrogen) atoms. The minimum atomic E-state index is -4.04. The molecule has 0 N–H and O–H groups in total. The molecule has 0 radical (unpaired) electrons. The largest absolute Gasteiger partial charge is 0.748 e. The lowest BCUT2D eigenvalue weighted by Gasteiger charge is -2.04. The van der Waals surface area contributed by atoms with Gasteiger partial charge in [0.2, 0.25) is 0 Å². The number of aryl methyl sites for hydroxylation is 2. The number of nitrogens with zero attached hydrogens (tertiary/aromatic N) is 1. The van der Waals surface area contributed by atoms with Crippen molar-refractivity contribution in [2.24, 2.45) is 0 Å². The van der Waals surface area contributed by atoms with Crippen molar-refractivity contribution in [2.45, 2.75) is 26.3 Å². The molecule has 1 heterocycles. The second-order valence-corrected chi connectivity index (χ2v) is 5.11. The van der Waals surface area contributed by atoms with Gasteiger partial charge in [0.1, 0.15) is 6.54 Å². The molecule has 0 aliphatic carbocycles. The number of rotatable bonds is 5. The van der Waals surface area contributed by atoms with Crippen LogP contribution in [0.5, 0.6) is 0 Å². The van der Waals surface area contributed by atoms with E-state index in [1.807, 2.05) is 36.0 Å². The molecule has 1 aromatic heterocycles. The van der Waals surface area contributed by atoms with Crippen molar-refractivity contribution in [1.29, 1.82) is 0 Å². The van der Waals surface area contributed by atoms with E-state index in [1.54, 1.807) is 0 Å². The van der Waals surface area contributed by atoms with E-state index in [0.29, 0.717) is 12.8 Å². The Balaban J connectivity index is 2.29. The zero-order valence-electron chi connectivity index (χ0n) is 8.72. The third-order valence-electron chi connectivity index (χ3n) is 2.12. The average molecular weight is 229 g/mol. The van der Waals surface area contributed by atoms with Gasteiger partial charge >= 0.3 is 0 Å². The van der Waals surface area contributed by atoms with Gasteiger partial charge in [0.05, 0.1) is 10.1 Å². The average Bonchev–Trinajstić information content (AvgIpc) is 2.14. The molecule has 0 amide bonds. The van der Waals surface area contributed by atoms with Gasteiger partial charge in [-0.1, -0.05) is 0 Å². The molecule has 84 valence electrons. The Morgan fingerprint density at radius 3 is 2.40 bits per heavy atom. The van der Waals surface area contributed by atoms with Gasteiger partial charge in [-0.15, -0.1) is 0 Å². The van der Waals surface area contributed by atoms with E-state index in [1.165, 1.54) is 5.56 Å². The fraction of sp³-hybridized carbons (Fsp3) is 0.500. The van der Waals surface area contributed by atoms with Gasteiger partial charge in [-0.3, -0.25) is 0 Å². The van der Waals surface area contributed by atoms with E-state index in [4.69, 9.17) is 0 Å². The monoisotopic (exact) mass is 229 g/mol. The molecule has 0 saturated carbocycles. The van der Waals surface area contributed by atoms with Gasteiger partial charge in [-0.2, -0.15) is 0 Å². The maximum Gasteiger partial charge on any atom is 0.169 e. The van der Waals surface area contributed by atoms with Gasteiger partial charge < -0.3 is 4.55 Å². The quantitative estimate of drug-likeness (QED) is 0.422. The third kappa shape index (κ3) is 5.49. The highest BCUT2D eigenvalue weighted by molar-refractivity contribution is 7.85. The third-order valence-corrected chi connectivity index (χ3v) is 2.91. The fourth-order valence-corrected chi connectivity index (χ4v) is 1.81. The Bertz CT molecular complexity index is 397. The van der Waals surface area contributed by atoms with Crippen LogP contribution in [0.1, 0.15) is 18.4 Å². The normalized spacial score (nSPS) is 11.6. The number of hydrogen-bond donors (Lipinski definition) is 0. The Kier molecular flexibility index (Phi) is 4.23. The topological polar surface area (TPSA) is 61.1 Å². The van der Waals surface area contributed by atoms with E-state index in [0.717, 1.165) is 6.54 Å². The highest BCUT2D eigenvalue weighted by Crippen LogP contribution is 1.95. The van der Waals surface area contributed by atoms with E-state index in [9.17, 15) is 13.0 Å². The Hall–Kier alpha value is -0.940. The molecule has 0 spiro atoms. The predicted molar refractivity (Wildman–Crippen MR) is 55.2 cm³/mol. The highest BCUT2D eigenvalue weighted by atomic mass is 32.2. The van der Waals surface area contributed by atoms with E-state index < -0.39 is 10.1 Å². The lowest BCUT2D eigenvalue weighted by atomic mass is 10.3. The second-order valence-electron chi connectivity index (χ2n) is 3.58. The van der Waals surface area contributed by atoms with Crippen LogP contribution in [-0.4, -0.2) is 18.7 Å². The molecule has 0 atom stereocenters. The van der Waals surface area contributed by atoms with Crippen LogP contribution in [0.15, 0.2) is 24.5 Å². The van der Waals surface area contributed by atoms with Gasteiger partial charge in [0.15, 0.2) is 12.4 Å². The summed E-state index contributed by atoms with van der Waals surface area (Å²) in [5.41, 5.74) is 1.19. The Labute approximate surface area is 90.3 Å². The maximum absolute atomic E-state index is 10.3. The summed E-state index contributed by atoms with van der Waals surface area (Å²) in [5.74, 6) is -0.264. The van der Waals surface area contributed by atoms with Gasteiger partial charge in [0, 0.05) is 24.3 Å². The molecular formula is C10H15NO3S. The number of hydrogen-bond acceptors (Lipinski definition) is 3. The van der Waals surface area contributed by atoms with Gasteiger partial charge in [-0.25, -0.2) is 13.0 Å². The number of unbranched alkanes of at least 4 members (excludes halogenated alkanes) is 1. The molecule has 0 unspecified atom stereocenters. The minimum absolute atomic E-state index is 0.264. The Morgan fingerprint density at radius 2 is 1.87 bits per heavy atom. The van der Waals surface area contributed by atoms with Crippen molar-refractivity contribution in [1.82, 2.24) is 0 Å². The molecule has 5 heteroatoms. The molecule has 1 aromatic rings. The van der Waals surface area contributed by atoms with Gasteiger partial charge in [0.25, 0.3) is 0 Å². The summed E-state index contributed by atoms with van der Waals surface area (Å²) in [4.78, 5) is 0. The number of pyridine rings is 1. The first kappa shape index (κ1) is 12.1. The summed E-state index contributed by atoms with van der Waals surface area (Å²) in [6.07, 6.45) is 5.02. The summed E-state index contributed by atoms with van der Waals surface area (Å²) >= 11 is 0. The first-order valence-corrected chi connectivity index (χ1v) is 6.44. The standard InChI is InChI=1S/C10H15NO3S/c1-10-4-7-11(8-5-10)6-2-3-9-15(12,13)14/h4-5,7-8H,2-3,6,9H2,1H3. The summed E-state index contributed by atoms with van der Waals surface area (Å²) < 4.78 is 33.0. The van der Waals surface area contributed by atoms with E-state index in [2.05, 4.69) is 0 Å². The van der Waals surface area contributed by atoms with Crippen LogP contribution in [0.25, 0.3) is 0 Å². The van der Waals surface area contributed by atoms with Crippen LogP contribution >= 0.6 is 0 Å². The van der Waals surface area contributed by atoms with Crippen LogP contribution in [0.2, 0.25) is 0 Å². The highest BCUT2D eigenvalue weighted by Gasteiger charge is 2.00. The zero-order valence-corrected chi connectivity index (χ0v) is 9.53. The smallest absolute Gasteiger partial charge is 0.169 e. The van der Waals surface area contributed by atoms with Crippen LogP contribution in [0.3, 0.4) is 0 Å². The predicted octanol–water partition coefficient (Wildman–Crippen LogP) is 0.608. The molecular weight excluding hydrogens is 214 g/mol. The fourth-order valence-electron chi connectivity index (χ4n) is 1.25. The summed E-state index contributed by atoms with van der Waals surface area (Å²) in [6, 6.07) is 3.98. The van der Waals surface area contributed by atoms with Crippen molar-refractivity contribution >= 4 is 10.1 Å². The van der Waals surface area contributed by atoms with Crippen LogP contribution in [0, 0.1) is 6.92 Å². The first-order chi connectivity index (χ1) is 6.97. The van der Waals surface area contributed by atoms with E-state index in [-0.39, 0.29) is 5.75 Å². The summed E-state index contributed by atoms with van der Waals surface area (Å²) in [6.45, 7) is 2.75. The van der Waals surface area contributed by atoms with Gasteiger partial charge in [-0.05, 0) is 18.9 Å². The second kappa shape index (κ2) is 5.23. The molecule has 1 rings (SSSR count). The van der Waals surface area contributed by atoms with Crippen molar-refractivity contribution in [3.8, 4) is 0 Å². The first-order valence-electron chi connectivity index (χ1n) is 4.87. The lowest BCUT2D eigenvalue weighted by Crippen LogP contribution is -2.32. The zero-order chi connectivity index (χ0) is 11.3. The van der Waals surface area contributed by atoms with Crippen LogP contribution in [0.4, 0.5) is 0 Å². The molecule has 0 bridgehead atoms. The molecule has 4 nitrogen and oxygen atoms in total. The van der Waals surface area contributed by atoms with E-state index >= 15 is 0 Å². The minimum Gasteiger partial charge on any atom is -0.748 e. The molecule has 0 aliphatic rings. The van der Waals surface area contributed by atoms with Crippen molar-refractivity contribution < 1.29 is 17.5 Å². The maximum atomic E-state index is 10.3. The van der Waals surface area contributed by atoms with Crippen molar-refractivity contribution in [3.63, 3.8) is 0 Å². The molecule has 0 aliphatic heterocycles. The van der Waals surface area contributed by atoms with Crippen molar-refractivity contribution in [2.75, 3.05) is 5.75 Å². The Morgan fingerprint density at radius 1 is 1.27 bits per heavy atom.